The first-order chi connectivity index (χ1) is 17.4. The summed E-state index contributed by atoms with van der Waals surface area (Å²) in [5, 5.41) is 11.4. The number of benzene rings is 1. The molecule has 0 radical (unpaired) electrons. The molecule has 3 N–H and O–H groups in total. The van der Waals surface area contributed by atoms with Crippen LogP contribution in [0.5, 0.6) is 0 Å². The molecule has 1 atom stereocenters. The van der Waals surface area contributed by atoms with Gasteiger partial charge in [0.05, 0.1) is 21.2 Å². The Kier molecular flexibility index (Phi) is 9.13. The zero-order valence-corrected chi connectivity index (χ0v) is 23.0. The minimum absolute atomic E-state index is 0.0488. The van der Waals surface area contributed by atoms with Gasteiger partial charge in [-0.1, -0.05) is 36.9 Å². The van der Waals surface area contributed by atoms with E-state index in [1.54, 1.807) is 0 Å². The largest absolute Gasteiger partial charge is 0.404 e. The number of hydrogen-bond donors (Lipinski definition) is 3. The molecule has 7 nitrogen and oxygen atoms in total. The molecule has 1 aromatic heterocycles. The highest BCUT2D eigenvalue weighted by Gasteiger charge is 2.40. The Hall–Kier alpha value is -1.87. The van der Waals surface area contributed by atoms with Crippen molar-refractivity contribution in [3.8, 4) is 10.4 Å². The molecule has 0 bridgehead atoms. The Balaban J connectivity index is 2.09. The van der Waals surface area contributed by atoms with Crippen LogP contribution in [0.15, 0.2) is 17.0 Å². The molecule has 1 aromatic carbocycles. The molecule has 1 fully saturated rings. The molecule has 2 aromatic rings. The summed E-state index contributed by atoms with van der Waals surface area (Å²) in [6.07, 6.45) is -5.05. The van der Waals surface area contributed by atoms with Crippen LogP contribution in [0.1, 0.15) is 67.5 Å². The first-order valence-corrected chi connectivity index (χ1v) is 14.3. The fraction of sp³-hybridized carbons (Fsp3) is 0.565. The highest BCUT2D eigenvalue weighted by atomic mass is 35.5. The van der Waals surface area contributed by atoms with E-state index >= 15 is 0 Å². The van der Waals surface area contributed by atoms with Crippen molar-refractivity contribution in [2.45, 2.75) is 75.6 Å². The maximum Gasteiger partial charge on any atom is 0.404 e. The summed E-state index contributed by atoms with van der Waals surface area (Å²) in [5.41, 5.74) is -1.91. The van der Waals surface area contributed by atoms with Crippen LogP contribution in [0.2, 0.25) is 5.02 Å². The summed E-state index contributed by atoms with van der Waals surface area (Å²) in [6.45, 7) is 3.45. The number of amides is 1. The number of thiazole rings is 1. The summed E-state index contributed by atoms with van der Waals surface area (Å²) < 4.78 is 94.0. The van der Waals surface area contributed by atoms with Gasteiger partial charge in [0, 0.05) is 17.7 Å². The van der Waals surface area contributed by atoms with E-state index in [2.05, 4.69) is 10.3 Å². The molecule has 0 spiro atoms. The summed E-state index contributed by atoms with van der Waals surface area (Å²) in [6, 6.07) is -0.592. The van der Waals surface area contributed by atoms with Crippen molar-refractivity contribution in [1.82, 2.24) is 15.0 Å². The average Bonchev–Trinajstić information content (AvgIpc) is 3.16. The first kappa shape index (κ1) is 30.7. The molecule has 1 unspecified atom stereocenters. The van der Waals surface area contributed by atoms with Crippen LogP contribution >= 0.6 is 22.9 Å². The van der Waals surface area contributed by atoms with Crippen LogP contribution in [0.4, 0.5) is 22.0 Å². The van der Waals surface area contributed by atoms with Gasteiger partial charge in [-0.05, 0) is 39.2 Å². The van der Waals surface area contributed by atoms with Crippen molar-refractivity contribution in [3.05, 3.63) is 33.4 Å². The van der Waals surface area contributed by atoms with E-state index in [9.17, 15) is 40.3 Å². The van der Waals surface area contributed by atoms with Gasteiger partial charge in [-0.3, -0.25) is 4.79 Å². The second-order valence-corrected chi connectivity index (χ2v) is 12.9. The number of halogens is 6. The van der Waals surface area contributed by atoms with E-state index in [4.69, 9.17) is 11.6 Å². The number of alkyl halides is 5. The van der Waals surface area contributed by atoms with Gasteiger partial charge in [-0.15, -0.1) is 11.3 Å². The van der Waals surface area contributed by atoms with Gasteiger partial charge < -0.3 is 10.4 Å². The van der Waals surface area contributed by atoms with Crippen LogP contribution in [0.25, 0.3) is 10.4 Å². The van der Waals surface area contributed by atoms with E-state index < -0.39 is 55.7 Å². The van der Waals surface area contributed by atoms with Crippen molar-refractivity contribution < 1.29 is 40.3 Å². The fourth-order valence-corrected chi connectivity index (χ4v) is 6.61. The summed E-state index contributed by atoms with van der Waals surface area (Å²) in [5.74, 6) is -0.409. The molecule has 38 heavy (non-hydrogen) atoms. The summed E-state index contributed by atoms with van der Waals surface area (Å²) in [7, 11) is -4.92. The predicted octanol–water partition coefficient (Wildman–Crippen LogP) is 5.47. The monoisotopic (exact) mass is 603 g/mol. The average molecular weight is 604 g/mol. The Bertz CT molecular complexity index is 1290. The Morgan fingerprint density at radius 1 is 1.26 bits per heavy atom. The minimum atomic E-state index is -4.92. The second-order valence-electron chi connectivity index (χ2n) is 9.82. The topological polar surface area (TPSA) is 108 Å². The van der Waals surface area contributed by atoms with Gasteiger partial charge >= 0.3 is 6.18 Å². The normalized spacial score (nSPS) is 16.0. The van der Waals surface area contributed by atoms with Gasteiger partial charge in [0.25, 0.3) is 12.3 Å². The van der Waals surface area contributed by atoms with E-state index in [1.807, 2.05) is 0 Å². The van der Waals surface area contributed by atoms with Crippen molar-refractivity contribution in [1.29, 1.82) is 0 Å². The number of carbonyl (C=O) groups is 1. The standard InChI is InChI=1S/C23H27ClF5N3O4S2/c1-11(23(27,28)29)32-38(35,36)15-8-7-13(16(17(15)24)19(25)26)18-14(9-12-5-4-6-12)31-21(37-18)20(33)30-10-22(2,3)34/h7-8,11-12,19,32,34H,4-6,9-10H2,1-3H3,(H,30,33). The van der Waals surface area contributed by atoms with Crippen LogP contribution < -0.4 is 10.0 Å². The molecule has 1 aliphatic rings. The van der Waals surface area contributed by atoms with E-state index in [1.165, 1.54) is 18.6 Å². The van der Waals surface area contributed by atoms with E-state index in [0.29, 0.717) is 19.0 Å². The number of nitrogens with one attached hydrogen (secondary N) is 2. The van der Waals surface area contributed by atoms with Gasteiger partial charge in [0.2, 0.25) is 10.0 Å². The maximum absolute atomic E-state index is 14.3. The van der Waals surface area contributed by atoms with Crippen molar-refractivity contribution in [2.24, 2.45) is 5.92 Å². The Labute approximate surface area is 225 Å². The molecular formula is C23H27ClF5N3O4S2. The third kappa shape index (κ3) is 7.20. The van der Waals surface area contributed by atoms with Crippen LogP contribution in [-0.4, -0.2) is 48.8 Å². The molecule has 1 heterocycles. The van der Waals surface area contributed by atoms with Crippen molar-refractivity contribution in [2.75, 3.05) is 6.54 Å². The predicted molar refractivity (Wildman–Crippen MR) is 133 cm³/mol. The number of aromatic nitrogens is 1. The highest BCUT2D eigenvalue weighted by Crippen LogP contribution is 2.44. The molecule has 1 aliphatic carbocycles. The number of rotatable bonds is 10. The lowest BCUT2D eigenvalue weighted by Gasteiger charge is -2.25. The minimum Gasteiger partial charge on any atom is -0.389 e. The van der Waals surface area contributed by atoms with Gasteiger partial charge in [-0.2, -0.15) is 17.9 Å². The number of carbonyl (C=O) groups excluding carboxylic acids is 1. The number of hydrogen-bond acceptors (Lipinski definition) is 6. The molecule has 212 valence electrons. The smallest absolute Gasteiger partial charge is 0.389 e. The van der Waals surface area contributed by atoms with Gasteiger partial charge in [0.1, 0.15) is 10.9 Å². The number of aliphatic hydroxyl groups is 1. The van der Waals surface area contributed by atoms with Crippen LogP contribution in [0, 0.1) is 5.92 Å². The lowest BCUT2D eigenvalue weighted by Crippen LogP contribution is -2.43. The van der Waals surface area contributed by atoms with Gasteiger partial charge in [0.15, 0.2) is 5.01 Å². The van der Waals surface area contributed by atoms with E-state index in [0.717, 1.165) is 42.7 Å². The molecule has 3 rings (SSSR count). The molecular weight excluding hydrogens is 577 g/mol. The highest BCUT2D eigenvalue weighted by molar-refractivity contribution is 7.89. The Morgan fingerprint density at radius 2 is 1.89 bits per heavy atom. The zero-order valence-electron chi connectivity index (χ0n) is 20.6. The third-order valence-corrected chi connectivity index (χ3v) is 9.23. The molecule has 1 saturated carbocycles. The lowest BCUT2D eigenvalue weighted by molar-refractivity contribution is -0.147. The zero-order chi connectivity index (χ0) is 28.6. The van der Waals surface area contributed by atoms with Gasteiger partial charge in [-0.25, -0.2) is 22.2 Å². The first-order valence-electron chi connectivity index (χ1n) is 11.6. The van der Waals surface area contributed by atoms with Crippen LogP contribution in [-0.2, 0) is 16.4 Å². The Morgan fingerprint density at radius 3 is 2.39 bits per heavy atom. The fourth-order valence-electron chi connectivity index (χ4n) is 3.70. The summed E-state index contributed by atoms with van der Waals surface area (Å²) >= 11 is 6.91. The van der Waals surface area contributed by atoms with E-state index in [-0.39, 0.29) is 27.9 Å². The number of nitrogens with zero attached hydrogens (tertiary/aromatic N) is 1. The quantitative estimate of drug-likeness (QED) is 0.312. The molecule has 0 aliphatic heterocycles. The molecule has 0 saturated heterocycles. The van der Waals surface area contributed by atoms with Crippen molar-refractivity contribution in [3.63, 3.8) is 0 Å². The summed E-state index contributed by atoms with van der Waals surface area (Å²) in [4.78, 5) is 16.3. The lowest BCUT2D eigenvalue weighted by atomic mass is 9.81. The van der Waals surface area contributed by atoms with Crippen molar-refractivity contribution >= 4 is 38.9 Å². The molecule has 1 amide bonds. The molecule has 15 heteroatoms. The second kappa shape index (κ2) is 11.3. The SMILES string of the molecule is CC(NS(=O)(=O)c1ccc(-c2sc(C(=O)NCC(C)(C)O)nc2CC2CCC2)c(C(F)F)c1Cl)C(F)(F)F. The third-order valence-electron chi connectivity index (χ3n) is 6.00. The van der Waals surface area contributed by atoms with Crippen LogP contribution in [0.3, 0.4) is 0 Å². The number of sulfonamides is 1. The maximum atomic E-state index is 14.3.